The van der Waals surface area contributed by atoms with E-state index in [1.807, 2.05) is 32.0 Å². The van der Waals surface area contributed by atoms with Crippen LogP contribution in [0.2, 0.25) is 5.02 Å². The molecule has 0 spiro atoms. The Morgan fingerprint density at radius 1 is 1.21 bits per heavy atom. The molecule has 1 saturated heterocycles. The van der Waals surface area contributed by atoms with Crippen molar-refractivity contribution in [1.82, 2.24) is 9.88 Å². The SMILES string of the molecule is COc1ccc(Cl)c2sc(N(CCCN3CCOCC3)C(=O)c3cc(C)cc(C)c3)nc12.Cl. The first-order chi connectivity index (χ1) is 15.5. The first-order valence-corrected chi connectivity index (χ1v) is 12.0. The summed E-state index contributed by atoms with van der Waals surface area (Å²) in [5.41, 5.74) is 3.49. The lowest BCUT2D eigenvalue weighted by Gasteiger charge is -2.27. The van der Waals surface area contributed by atoms with Gasteiger partial charge in [0, 0.05) is 31.7 Å². The van der Waals surface area contributed by atoms with Gasteiger partial charge in [-0.3, -0.25) is 14.6 Å². The first-order valence-electron chi connectivity index (χ1n) is 10.8. The van der Waals surface area contributed by atoms with E-state index in [0.29, 0.717) is 33.5 Å². The van der Waals surface area contributed by atoms with Crippen molar-refractivity contribution >= 4 is 56.6 Å². The zero-order chi connectivity index (χ0) is 22.7. The summed E-state index contributed by atoms with van der Waals surface area (Å²) in [7, 11) is 1.61. The number of aryl methyl sites for hydroxylation is 2. The molecule has 9 heteroatoms. The molecule has 6 nitrogen and oxygen atoms in total. The van der Waals surface area contributed by atoms with Crippen molar-refractivity contribution in [2.45, 2.75) is 20.3 Å². The largest absolute Gasteiger partial charge is 0.494 e. The number of morpholine rings is 1. The molecule has 0 radical (unpaired) electrons. The van der Waals surface area contributed by atoms with E-state index >= 15 is 0 Å². The summed E-state index contributed by atoms with van der Waals surface area (Å²) < 4.78 is 11.7. The zero-order valence-corrected chi connectivity index (χ0v) is 21.5. The first kappa shape index (κ1) is 25.7. The second-order valence-electron chi connectivity index (χ2n) is 8.06. The standard InChI is InChI=1S/C24H28ClN3O3S.ClH/c1-16-13-17(2)15-18(14-16)23(29)28(8-4-7-27-9-11-31-12-10-27)24-26-21-20(30-3)6-5-19(25)22(21)32-24;/h5-6,13-15H,4,7-12H2,1-3H3;1H. The van der Waals surface area contributed by atoms with Crippen LogP contribution in [0.5, 0.6) is 5.75 Å². The van der Waals surface area contributed by atoms with Crippen LogP contribution in [-0.2, 0) is 4.74 Å². The predicted molar refractivity (Wildman–Crippen MR) is 138 cm³/mol. The number of thiazole rings is 1. The maximum atomic E-state index is 13.6. The van der Waals surface area contributed by atoms with Crippen LogP contribution in [0.1, 0.15) is 27.9 Å². The highest BCUT2D eigenvalue weighted by atomic mass is 35.5. The van der Waals surface area contributed by atoms with Gasteiger partial charge in [0.05, 0.1) is 30.0 Å². The Balaban J connectivity index is 0.00000306. The number of hydrogen-bond acceptors (Lipinski definition) is 6. The van der Waals surface area contributed by atoms with Gasteiger partial charge in [0.2, 0.25) is 0 Å². The lowest BCUT2D eigenvalue weighted by Crippen LogP contribution is -2.39. The summed E-state index contributed by atoms with van der Waals surface area (Å²) in [6.07, 6.45) is 0.845. The Morgan fingerprint density at radius 2 is 1.91 bits per heavy atom. The predicted octanol–water partition coefficient (Wildman–Crippen LogP) is 5.37. The van der Waals surface area contributed by atoms with Gasteiger partial charge in [-0.15, -0.1) is 12.4 Å². The van der Waals surface area contributed by atoms with E-state index in [0.717, 1.165) is 55.1 Å². The number of methoxy groups -OCH3 is 1. The molecule has 0 unspecified atom stereocenters. The van der Waals surface area contributed by atoms with Crippen LogP contribution in [0.25, 0.3) is 10.2 Å². The molecule has 1 aliphatic rings. The second kappa shape index (κ2) is 11.5. The van der Waals surface area contributed by atoms with E-state index in [2.05, 4.69) is 11.0 Å². The monoisotopic (exact) mass is 509 g/mol. The molecule has 0 saturated carbocycles. The van der Waals surface area contributed by atoms with Crippen molar-refractivity contribution in [2.75, 3.05) is 51.4 Å². The van der Waals surface area contributed by atoms with Gasteiger partial charge in [-0.25, -0.2) is 4.98 Å². The minimum absolute atomic E-state index is 0. The van der Waals surface area contributed by atoms with Crippen LogP contribution in [0.3, 0.4) is 0 Å². The van der Waals surface area contributed by atoms with Gasteiger partial charge in [-0.05, 0) is 44.5 Å². The molecular formula is C24H29Cl2N3O3S. The summed E-state index contributed by atoms with van der Waals surface area (Å²) in [4.78, 5) is 22.6. The highest BCUT2D eigenvalue weighted by Gasteiger charge is 2.24. The fourth-order valence-corrected chi connectivity index (χ4v) is 5.32. The quantitative estimate of drug-likeness (QED) is 0.428. The number of carbonyl (C=O) groups excluding carboxylic acids is 1. The molecule has 0 atom stereocenters. The topological polar surface area (TPSA) is 54.9 Å². The van der Waals surface area contributed by atoms with Crippen molar-refractivity contribution in [2.24, 2.45) is 0 Å². The Morgan fingerprint density at radius 3 is 2.58 bits per heavy atom. The lowest BCUT2D eigenvalue weighted by molar-refractivity contribution is 0.0376. The third-order valence-electron chi connectivity index (χ3n) is 5.57. The van der Waals surface area contributed by atoms with Crippen LogP contribution in [0.4, 0.5) is 5.13 Å². The van der Waals surface area contributed by atoms with Crippen LogP contribution >= 0.6 is 35.3 Å². The number of ether oxygens (including phenoxy) is 2. The summed E-state index contributed by atoms with van der Waals surface area (Å²) in [5.74, 6) is 0.604. The minimum Gasteiger partial charge on any atom is -0.494 e. The van der Waals surface area contributed by atoms with Gasteiger partial charge in [0.1, 0.15) is 11.3 Å². The van der Waals surface area contributed by atoms with Gasteiger partial charge >= 0.3 is 0 Å². The van der Waals surface area contributed by atoms with Crippen LogP contribution in [0, 0.1) is 13.8 Å². The van der Waals surface area contributed by atoms with Crippen molar-refractivity contribution in [1.29, 1.82) is 0 Å². The Kier molecular flexibility index (Phi) is 8.95. The van der Waals surface area contributed by atoms with Gasteiger partial charge < -0.3 is 9.47 Å². The molecule has 178 valence electrons. The van der Waals surface area contributed by atoms with Crippen molar-refractivity contribution in [3.8, 4) is 5.75 Å². The molecule has 4 rings (SSSR count). The van der Waals surface area contributed by atoms with E-state index in [1.165, 1.54) is 11.3 Å². The Labute approximate surface area is 209 Å². The Hall–Kier alpha value is -1.90. The van der Waals surface area contributed by atoms with Gasteiger partial charge in [-0.2, -0.15) is 0 Å². The molecule has 0 bridgehead atoms. The molecule has 1 aromatic heterocycles. The lowest BCUT2D eigenvalue weighted by atomic mass is 10.1. The number of amides is 1. The van der Waals surface area contributed by atoms with Gasteiger partial charge in [0.25, 0.3) is 5.91 Å². The number of rotatable bonds is 7. The maximum Gasteiger partial charge on any atom is 0.260 e. The number of halogens is 2. The number of carbonyl (C=O) groups is 1. The molecule has 0 N–H and O–H groups in total. The minimum atomic E-state index is -0.0482. The van der Waals surface area contributed by atoms with Crippen LogP contribution < -0.4 is 9.64 Å². The van der Waals surface area contributed by atoms with Crippen molar-refractivity contribution in [3.05, 3.63) is 52.0 Å². The summed E-state index contributed by atoms with van der Waals surface area (Å²) >= 11 is 7.87. The van der Waals surface area contributed by atoms with Crippen LogP contribution in [0.15, 0.2) is 30.3 Å². The maximum absolute atomic E-state index is 13.6. The van der Waals surface area contributed by atoms with E-state index in [1.54, 1.807) is 18.1 Å². The fourth-order valence-electron chi connectivity index (χ4n) is 4.04. The third kappa shape index (κ3) is 5.97. The summed E-state index contributed by atoms with van der Waals surface area (Å²) in [6.45, 7) is 8.89. The highest BCUT2D eigenvalue weighted by molar-refractivity contribution is 7.23. The fraction of sp³-hybridized carbons (Fsp3) is 0.417. The van der Waals surface area contributed by atoms with E-state index in [4.69, 9.17) is 26.1 Å². The average molecular weight is 510 g/mol. The molecule has 1 amide bonds. The zero-order valence-electron chi connectivity index (χ0n) is 19.1. The molecular weight excluding hydrogens is 481 g/mol. The molecule has 33 heavy (non-hydrogen) atoms. The molecule has 2 aromatic carbocycles. The summed E-state index contributed by atoms with van der Waals surface area (Å²) in [5, 5.41) is 1.24. The van der Waals surface area contributed by atoms with E-state index in [-0.39, 0.29) is 18.3 Å². The number of fused-ring (bicyclic) bond motifs is 1. The van der Waals surface area contributed by atoms with E-state index in [9.17, 15) is 4.79 Å². The molecule has 3 aromatic rings. The van der Waals surface area contributed by atoms with E-state index < -0.39 is 0 Å². The van der Waals surface area contributed by atoms with Crippen LogP contribution in [-0.4, -0.2) is 62.3 Å². The number of anilines is 1. The molecule has 1 fully saturated rings. The van der Waals surface area contributed by atoms with Crippen molar-refractivity contribution < 1.29 is 14.3 Å². The van der Waals surface area contributed by atoms with Gasteiger partial charge in [0.15, 0.2) is 5.13 Å². The molecule has 1 aliphatic heterocycles. The number of hydrogen-bond donors (Lipinski definition) is 0. The average Bonchev–Trinajstić information content (AvgIpc) is 3.23. The second-order valence-corrected chi connectivity index (χ2v) is 9.45. The Bertz CT molecular complexity index is 1100. The van der Waals surface area contributed by atoms with Crippen molar-refractivity contribution in [3.63, 3.8) is 0 Å². The van der Waals surface area contributed by atoms with Gasteiger partial charge in [-0.1, -0.05) is 40.1 Å². The summed E-state index contributed by atoms with van der Waals surface area (Å²) in [6, 6.07) is 9.56. The third-order valence-corrected chi connectivity index (χ3v) is 7.11. The normalized spacial score (nSPS) is 14.2. The highest BCUT2D eigenvalue weighted by Crippen LogP contribution is 2.39. The molecule has 0 aliphatic carbocycles. The number of nitrogens with zero attached hydrogens (tertiary/aromatic N) is 3. The number of benzene rings is 2. The molecule has 2 heterocycles. The smallest absolute Gasteiger partial charge is 0.260 e. The number of aromatic nitrogens is 1.